The van der Waals surface area contributed by atoms with Crippen molar-refractivity contribution < 1.29 is 9.47 Å². The molecule has 0 aliphatic carbocycles. The Bertz CT molecular complexity index is 295. The van der Waals surface area contributed by atoms with Gasteiger partial charge in [-0.2, -0.15) is 0 Å². The van der Waals surface area contributed by atoms with Gasteiger partial charge >= 0.3 is 0 Å². The van der Waals surface area contributed by atoms with Crippen molar-refractivity contribution in [1.29, 1.82) is 0 Å². The summed E-state index contributed by atoms with van der Waals surface area (Å²) in [6.45, 7) is 1.82. The number of ether oxygens (including phenoxy) is 2. The van der Waals surface area contributed by atoms with Crippen LogP contribution in [0, 0.1) is 0 Å². The maximum Gasteiger partial charge on any atom is 0.137 e. The summed E-state index contributed by atoms with van der Waals surface area (Å²) in [6, 6.07) is 7.94. The minimum atomic E-state index is -0.0140. The standard InChI is InChI=1S/C11H15NO2/c1-13-10-6-3-2-5-9(10)11-12-7-4-8-14-11/h2-3,5-6,11-12H,4,7-8H2,1H3. The second-order valence-corrected chi connectivity index (χ2v) is 3.30. The van der Waals surface area contributed by atoms with Crippen molar-refractivity contribution in [1.82, 2.24) is 5.32 Å². The van der Waals surface area contributed by atoms with Gasteiger partial charge in [-0.1, -0.05) is 18.2 Å². The molecule has 3 heteroatoms. The fourth-order valence-electron chi connectivity index (χ4n) is 1.65. The van der Waals surface area contributed by atoms with Crippen LogP contribution in [0.1, 0.15) is 18.2 Å². The summed E-state index contributed by atoms with van der Waals surface area (Å²) in [5.74, 6) is 0.881. The molecule has 0 radical (unpaired) electrons. The van der Waals surface area contributed by atoms with E-state index in [1.54, 1.807) is 7.11 Å². The third-order valence-electron chi connectivity index (χ3n) is 2.36. The molecule has 0 amide bonds. The van der Waals surface area contributed by atoms with E-state index in [2.05, 4.69) is 5.32 Å². The Hall–Kier alpha value is -1.06. The molecule has 2 rings (SSSR count). The smallest absolute Gasteiger partial charge is 0.137 e. The van der Waals surface area contributed by atoms with Crippen molar-refractivity contribution in [3.63, 3.8) is 0 Å². The SMILES string of the molecule is COc1ccccc1C1NCCCO1. The molecule has 1 aliphatic rings. The van der Waals surface area contributed by atoms with E-state index >= 15 is 0 Å². The van der Waals surface area contributed by atoms with Crippen LogP contribution in [0.25, 0.3) is 0 Å². The number of benzene rings is 1. The summed E-state index contributed by atoms with van der Waals surface area (Å²) < 4.78 is 10.9. The number of hydrogen-bond donors (Lipinski definition) is 1. The number of para-hydroxylation sites is 1. The van der Waals surface area contributed by atoms with E-state index in [-0.39, 0.29) is 6.23 Å². The van der Waals surface area contributed by atoms with Crippen LogP contribution in [0.5, 0.6) is 5.75 Å². The van der Waals surface area contributed by atoms with Crippen LogP contribution in [0.2, 0.25) is 0 Å². The fraction of sp³-hybridized carbons (Fsp3) is 0.455. The molecular formula is C11H15NO2. The molecule has 1 aliphatic heterocycles. The van der Waals surface area contributed by atoms with Crippen molar-refractivity contribution in [2.75, 3.05) is 20.3 Å². The minimum Gasteiger partial charge on any atom is -0.496 e. The molecule has 1 heterocycles. The van der Waals surface area contributed by atoms with Gasteiger partial charge in [-0.15, -0.1) is 0 Å². The lowest BCUT2D eigenvalue weighted by Crippen LogP contribution is -2.31. The van der Waals surface area contributed by atoms with E-state index in [1.165, 1.54) is 0 Å². The molecule has 0 spiro atoms. The number of methoxy groups -OCH3 is 1. The van der Waals surface area contributed by atoms with Gasteiger partial charge in [-0.25, -0.2) is 0 Å². The van der Waals surface area contributed by atoms with Gasteiger partial charge in [0.2, 0.25) is 0 Å². The molecule has 0 aromatic heterocycles. The Morgan fingerprint density at radius 1 is 1.43 bits per heavy atom. The molecule has 1 unspecified atom stereocenters. The largest absolute Gasteiger partial charge is 0.496 e. The van der Waals surface area contributed by atoms with Gasteiger partial charge in [0.05, 0.1) is 13.7 Å². The third kappa shape index (κ3) is 1.89. The molecule has 14 heavy (non-hydrogen) atoms. The first kappa shape index (κ1) is 9.49. The Labute approximate surface area is 84.0 Å². The van der Waals surface area contributed by atoms with Crippen molar-refractivity contribution >= 4 is 0 Å². The zero-order valence-corrected chi connectivity index (χ0v) is 8.32. The quantitative estimate of drug-likeness (QED) is 0.775. The molecule has 3 nitrogen and oxygen atoms in total. The average molecular weight is 193 g/mol. The Morgan fingerprint density at radius 2 is 2.29 bits per heavy atom. The first-order chi connectivity index (χ1) is 6.92. The third-order valence-corrected chi connectivity index (χ3v) is 2.36. The van der Waals surface area contributed by atoms with E-state index in [1.807, 2.05) is 24.3 Å². The van der Waals surface area contributed by atoms with Crippen molar-refractivity contribution in [2.24, 2.45) is 0 Å². The lowest BCUT2D eigenvalue weighted by Gasteiger charge is -2.25. The highest BCUT2D eigenvalue weighted by Gasteiger charge is 2.18. The lowest BCUT2D eigenvalue weighted by atomic mass is 10.1. The summed E-state index contributed by atoms with van der Waals surface area (Å²) >= 11 is 0. The van der Waals surface area contributed by atoms with Crippen LogP contribution in [-0.4, -0.2) is 20.3 Å². The zero-order chi connectivity index (χ0) is 9.80. The van der Waals surface area contributed by atoms with E-state index in [0.717, 1.165) is 30.9 Å². The normalized spacial score (nSPS) is 21.9. The number of nitrogens with one attached hydrogen (secondary N) is 1. The minimum absolute atomic E-state index is 0.0140. The summed E-state index contributed by atoms with van der Waals surface area (Å²) in [5.41, 5.74) is 1.08. The molecule has 0 saturated carbocycles. The second-order valence-electron chi connectivity index (χ2n) is 3.30. The maximum atomic E-state index is 5.62. The van der Waals surface area contributed by atoms with Crippen LogP contribution < -0.4 is 10.1 Å². The van der Waals surface area contributed by atoms with Crippen LogP contribution in [0.4, 0.5) is 0 Å². The molecule has 1 saturated heterocycles. The molecule has 1 aromatic rings. The van der Waals surface area contributed by atoms with E-state index in [0.29, 0.717) is 0 Å². The summed E-state index contributed by atoms with van der Waals surface area (Å²) in [6.07, 6.45) is 1.06. The number of rotatable bonds is 2. The van der Waals surface area contributed by atoms with Gasteiger partial charge < -0.3 is 9.47 Å². The highest BCUT2D eigenvalue weighted by atomic mass is 16.5. The molecule has 1 atom stereocenters. The number of hydrogen-bond acceptors (Lipinski definition) is 3. The van der Waals surface area contributed by atoms with E-state index in [4.69, 9.17) is 9.47 Å². The first-order valence-corrected chi connectivity index (χ1v) is 4.90. The van der Waals surface area contributed by atoms with Gasteiger partial charge in [-0.05, 0) is 12.5 Å². The van der Waals surface area contributed by atoms with Crippen LogP contribution >= 0.6 is 0 Å². The fourth-order valence-corrected chi connectivity index (χ4v) is 1.65. The van der Waals surface area contributed by atoms with E-state index < -0.39 is 0 Å². The Balaban J connectivity index is 2.20. The van der Waals surface area contributed by atoms with Gasteiger partial charge in [-0.3, -0.25) is 5.32 Å². The predicted molar refractivity (Wildman–Crippen MR) is 54.3 cm³/mol. The van der Waals surface area contributed by atoms with Crippen molar-refractivity contribution in [3.05, 3.63) is 29.8 Å². The second kappa shape index (κ2) is 4.44. The molecule has 1 N–H and O–H groups in total. The molecule has 76 valence electrons. The molecule has 1 aromatic carbocycles. The van der Waals surface area contributed by atoms with Gasteiger partial charge in [0, 0.05) is 12.1 Å². The van der Waals surface area contributed by atoms with Gasteiger partial charge in [0.25, 0.3) is 0 Å². The maximum absolute atomic E-state index is 5.62. The molecule has 0 bridgehead atoms. The first-order valence-electron chi connectivity index (χ1n) is 4.90. The summed E-state index contributed by atoms with van der Waals surface area (Å²) in [7, 11) is 1.68. The van der Waals surface area contributed by atoms with Crippen molar-refractivity contribution in [2.45, 2.75) is 12.6 Å². The average Bonchev–Trinajstić information content (AvgIpc) is 2.30. The van der Waals surface area contributed by atoms with E-state index in [9.17, 15) is 0 Å². The summed E-state index contributed by atoms with van der Waals surface area (Å²) in [5, 5.41) is 3.31. The molecule has 1 fully saturated rings. The zero-order valence-electron chi connectivity index (χ0n) is 8.32. The monoisotopic (exact) mass is 193 g/mol. The Kier molecular flexibility index (Phi) is 3.01. The lowest BCUT2D eigenvalue weighted by molar-refractivity contribution is -0.00162. The molecular weight excluding hydrogens is 178 g/mol. The Morgan fingerprint density at radius 3 is 3.00 bits per heavy atom. The van der Waals surface area contributed by atoms with Crippen LogP contribution in [0.15, 0.2) is 24.3 Å². The highest BCUT2D eigenvalue weighted by molar-refractivity contribution is 5.34. The van der Waals surface area contributed by atoms with Gasteiger partial charge in [0.1, 0.15) is 12.0 Å². The highest BCUT2D eigenvalue weighted by Crippen LogP contribution is 2.26. The topological polar surface area (TPSA) is 30.5 Å². The van der Waals surface area contributed by atoms with Crippen molar-refractivity contribution in [3.8, 4) is 5.75 Å². The van der Waals surface area contributed by atoms with Gasteiger partial charge in [0.15, 0.2) is 0 Å². The summed E-state index contributed by atoms with van der Waals surface area (Å²) in [4.78, 5) is 0. The van der Waals surface area contributed by atoms with Crippen LogP contribution in [0.3, 0.4) is 0 Å². The van der Waals surface area contributed by atoms with Crippen LogP contribution in [-0.2, 0) is 4.74 Å². The predicted octanol–water partition coefficient (Wildman–Crippen LogP) is 1.70.